The van der Waals surface area contributed by atoms with Crippen LogP contribution in [0.1, 0.15) is 188 Å². The highest BCUT2D eigenvalue weighted by Crippen LogP contribution is 2.24. The second kappa shape index (κ2) is 33.2. The van der Waals surface area contributed by atoms with Gasteiger partial charge in [0.25, 0.3) is 0 Å². The van der Waals surface area contributed by atoms with E-state index in [9.17, 15) is 4.79 Å². The Bertz CT molecular complexity index is 540. The maximum atomic E-state index is 11.4. The van der Waals surface area contributed by atoms with Crippen LogP contribution in [-0.2, 0) is 23.7 Å². The van der Waals surface area contributed by atoms with Crippen LogP contribution in [0.15, 0.2) is 0 Å². The van der Waals surface area contributed by atoms with Crippen molar-refractivity contribution >= 4 is 5.97 Å². The third-order valence-corrected chi connectivity index (χ3v) is 8.40. The van der Waals surface area contributed by atoms with Gasteiger partial charge in [-0.3, -0.25) is 4.79 Å². The fourth-order valence-electron chi connectivity index (χ4n) is 5.58. The zero-order valence-corrected chi connectivity index (χ0v) is 29.1. The Morgan fingerprint density at radius 1 is 0.476 bits per heavy atom. The standard InChI is InChI=1S/C37H74O5/c1-6-10-14-21-27-34(40-30-24-15-11-7-2)33-36(42-32-26-17-13-9-4)35(41-31-25-16-12-8-3)28-22-19-18-20-23-29-37(38)39-5/h34-36H,6-33H2,1-5H3. The average molecular weight is 599 g/mol. The van der Waals surface area contributed by atoms with Gasteiger partial charge >= 0.3 is 5.97 Å². The van der Waals surface area contributed by atoms with Gasteiger partial charge in [-0.2, -0.15) is 0 Å². The minimum Gasteiger partial charge on any atom is -0.469 e. The van der Waals surface area contributed by atoms with E-state index < -0.39 is 0 Å². The molecule has 0 aromatic heterocycles. The first kappa shape index (κ1) is 41.4. The molecule has 0 spiro atoms. The summed E-state index contributed by atoms with van der Waals surface area (Å²) in [5.74, 6) is -0.0951. The Morgan fingerprint density at radius 2 is 0.905 bits per heavy atom. The van der Waals surface area contributed by atoms with E-state index in [2.05, 4.69) is 27.7 Å². The highest BCUT2D eigenvalue weighted by atomic mass is 16.5. The van der Waals surface area contributed by atoms with E-state index in [0.717, 1.165) is 84.0 Å². The topological polar surface area (TPSA) is 54.0 Å². The number of carbonyl (C=O) groups is 1. The highest BCUT2D eigenvalue weighted by Gasteiger charge is 2.27. The molecular formula is C37H74O5. The fraction of sp³-hybridized carbons (Fsp3) is 0.973. The van der Waals surface area contributed by atoms with E-state index in [4.69, 9.17) is 18.9 Å². The van der Waals surface area contributed by atoms with Crippen LogP contribution in [0.4, 0.5) is 0 Å². The van der Waals surface area contributed by atoms with Crippen LogP contribution in [0.5, 0.6) is 0 Å². The maximum absolute atomic E-state index is 11.4. The molecule has 0 saturated carbocycles. The van der Waals surface area contributed by atoms with Crippen LogP contribution in [0.3, 0.4) is 0 Å². The van der Waals surface area contributed by atoms with Gasteiger partial charge in [0.15, 0.2) is 0 Å². The van der Waals surface area contributed by atoms with E-state index in [1.807, 2.05) is 0 Å². The van der Waals surface area contributed by atoms with E-state index >= 15 is 0 Å². The number of methoxy groups -OCH3 is 1. The molecule has 3 atom stereocenters. The number of hydrogen-bond donors (Lipinski definition) is 0. The number of carbonyl (C=O) groups excluding carboxylic acids is 1. The van der Waals surface area contributed by atoms with Gasteiger partial charge in [0, 0.05) is 32.7 Å². The van der Waals surface area contributed by atoms with Crippen molar-refractivity contribution in [3.05, 3.63) is 0 Å². The lowest BCUT2D eigenvalue weighted by Crippen LogP contribution is -2.36. The number of hydrogen-bond acceptors (Lipinski definition) is 5. The summed E-state index contributed by atoms with van der Waals surface area (Å²) in [6.45, 7) is 11.6. The molecule has 0 fully saturated rings. The average Bonchev–Trinajstić information content (AvgIpc) is 3.00. The molecule has 0 N–H and O–H groups in total. The van der Waals surface area contributed by atoms with E-state index in [1.54, 1.807) is 0 Å². The van der Waals surface area contributed by atoms with Gasteiger partial charge in [0.05, 0.1) is 25.4 Å². The predicted molar refractivity (Wildman–Crippen MR) is 179 cm³/mol. The smallest absolute Gasteiger partial charge is 0.305 e. The lowest BCUT2D eigenvalue weighted by molar-refractivity contribution is -0.140. The lowest BCUT2D eigenvalue weighted by atomic mass is 9.97. The first-order chi connectivity index (χ1) is 20.6. The molecule has 0 heterocycles. The van der Waals surface area contributed by atoms with Crippen LogP contribution in [0.25, 0.3) is 0 Å². The summed E-state index contributed by atoms with van der Waals surface area (Å²) in [7, 11) is 1.47. The Morgan fingerprint density at radius 3 is 1.45 bits per heavy atom. The third-order valence-electron chi connectivity index (χ3n) is 8.40. The molecule has 0 aliphatic heterocycles. The summed E-state index contributed by atoms with van der Waals surface area (Å²) < 4.78 is 24.7. The van der Waals surface area contributed by atoms with Crippen molar-refractivity contribution < 1.29 is 23.7 Å². The lowest BCUT2D eigenvalue weighted by Gasteiger charge is -2.31. The summed E-state index contributed by atoms with van der Waals surface area (Å²) in [5.41, 5.74) is 0. The number of rotatable bonds is 34. The van der Waals surface area contributed by atoms with Crippen molar-refractivity contribution in [3.8, 4) is 0 Å². The Hall–Kier alpha value is -0.650. The first-order valence-corrected chi connectivity index (χ1v) is 18.5. The summed E-state index contributed by atoms with van der Waals surface area (Å²) in [4.78, 5) is 11.4. The molecule has 252 valence electrons. The molecule has 3 unspecified atom stereocenters. The van der Waals surface area contributed by atoms with Crippen molar-refractivity contribution in [2.75, 3.05) is 26.9 Å². The molecule has 0 aromatic carbocycles. The normalized spacial score (nSPS) is 13.7. The molecular weight excluding hydrogens is 524 g/mol. The Kier molecular flexibility index (Phi) is 32.7. The second-order valence-electron chi connectivity index (χ2n) is 12.5. The quantitative estimate of drug-likeness (QED) is 0.0545. The molecule has 0 amide bonds. The summed E-state index contributed by atoms with van der Waals surface area (Å²) in [5, 5.41) is 0. The van der Waals surface area contributed by atoms with Crippen molar-refractivity contribution in [3.63, 3.8) is 0 Å². The molecule has 0 aliphatic carbocycles. The van der Waals surface area contributed by atoms with Crippen molar-refractivity contribution in [2.45, 2.75) is 207 Å². The molecule has 0 bridgehead atoms. The van der Waals surface area contributed by atoms with Crippen LogP contribution < -0.4 is 0 Å². The number of esters is 1. The van der Waals surface area contributed by atoms with Crippen molar-refractivity contribution in [2.24, 2.45) is 0 Å². The van der Waals surface area contributed by atoms with Crippen LogP contribution >= 0.6 is 0 Å². The van der Waals surface area contributed by atoms with Crippen LogP contribution in [0, 0.1) is 0 Å². The monoisotopic (exact) mass is 599 g/mol. The van der Waals surface area contributed by atoms with Crippen LogP contribution in [0.2, 0.25) is 0 Å². The minimum atomic E-state index is -0.0951. The molecule has 0 radical (unpaired) electrons. The van der Waals surface area contributed by atoms with Crippen LogP contribution in [-0.4, -0.2) is 51.2 Å². The van der Waals surface area contributed by atoms with E-state index in [0.29, 0.717) is 6.42 Å². The molecule has 42 heavy (non-hydrogen) atoms. The molecule has 0 saturated heterocycles. The van der Waals surface area contributed by atoms with Crippen molar-refractivity contribution in [1.82, 2.24) is 0 Å². The number of unbranched alkanes of at least 4 members (excludes halogenated alkanes) is 16. The van der Waals surface area contributed by atoms with Gasteiger partial charge in [-0.05, 0) is 38.5 Å². The second-order valence-corrected chi connectivity index (χ2v) is 12.5. The van der Waals surface area contributed by atoms with Gasteiger partial charge in [-0.15, -0.1) is 0 Å². The maximum Gasteiger partial charge on any atom is 0.305 e. The van der Waals surface area contributed by atoms with E-state index in [1.165, 1.54) is 97.0 Å². The Labute approximate surface area is 262 Å². The van der Waals surface area contributed by atoms with Gasteiger partial charge in [-0.25, -0.2) is 0 Å². The molecule has 5 heteroatoms. The predicted octanol–water partition coefficient (Wildman–Crippen LogP) is 11.1. The highest BCUT2D eigenvalue weighted by molar-refractivity contribution is 5.68. The van der Waals surface area contributed by atoms with Gasteiger partial charge in [0.2, 0.25) is 0 Å². The summed E-state index contributed by atoms with van der Waals surface area (Å²) >= 11 is 0. The number of ether oxygens (including phenoxy) is 4. The first-order valence-electron chi connectivity index (χ1n) is 18.5. The molecule has 5 nitrogen and oxygen atoms in total. The zero-order chi connectivity index (χ0) is 30.9. The van der Waals surface area contributed by atoms with E-state index in [-0.39, 0.29) is 24.3 Å². The third kappa shape index (κ3) is 26.9. The van der Waals surface area contributed by atoms with Gasteiger partial charge in [-0.1, -0.05) is 137 Å². The SMILES string of the molecule is CCCCCCOC(CCCCCC)CC(OCCCCCC)C(CCCCCCCC(=O)OC)OCCCCCC. The minimum absolute atomic E-state index is 0.0951. The van der Waals surface area contributed by atoms with Gasteiger partial charge in [0.1, 0.15) is 0 Å². The Balaban J connectivity index is 5.29. The summed E-state index contributed by atoms with van der Waals surface area (Å²) in [6, 6.07) is 0. The summed E-state index contributed by atoms with van der Waals surface area (Å²) in [6.07, 6.45) is 29.5. The molecule has 0 aliphatic rings. The molecule has 0 aromatic rings. The van der Waals surface area contributed by atoms with Gasteiger partial charge < -0.3 is 18.9 Å². The molecule has 0 rings (SSSR count). The largest absolute Gasteiger partial charge is 0.469 e. The van der Waals surface area contributed by atoms with Crippen molar-refractivity contribution in [1.29, 1.82) is 0 Å². The zero-order valence-electron chi connectivity index (χ0n) is 29.1. The fourth-order valence-corrected chi connectivity index (χ4v) is 5.58.